The molecule has 3 aromatic rings. The van der Waals surface area contributed by atoms with Crippen LogP contribution in [0.5, 0.6) is 5.75 Å². The minimum absolute atomic E-state index is 0.0336. The molecule has 0 bridgehead atoms. The van der Waals surface area contributed by atoms with Crippen LogP contribution in [0.15, 0.2) is 59.5 Å². The van der Waals surface area contributed by atoms with Gasteiger partial charge < -0.3 is 14.4 Å². The number of ether oxygens (including phenoxy) is 2. The molecule has 9 nitrogen and oxygen atoms in total. The standard InChI is InChI=1S/C28H33N3O6S/c1-19(2)13-26(32)31-17-28(18-31,15-27(33)36-4)30-38(34,35)23-11-9-22(10-12-23)37-16-21-14-20(3)29-25-8-6-5-7-24(21)25/h5-12,14,19,30H,13,15-18H2,1-4H3. The van der Waals surface area contributed by atoms with Gasteiger partial charge in [0, 0.05) is 36.2 Å². The molecule has 202 valence electrons. The SMILES string of the molecule is COC(=O)CC1(NS(=O)(=O)c2ccc(OCc3cc(C)nc4ccccc34)cc2)CN(C(=O)CC(C)C)C1. The second-order valence-electron chi connectivity index (χ2n) is 10.2. The molecule has 0 spiro atoms. The smallest absolute Gasteiger partial charge is 0.307 e. The molecule has 0 atom stereocenters. The van der Waals surface area contributed by atoms with Crippen molar-refractivity contribution in [2.75, 3.05) is 20.2 Å². The van der Waals surface area contributed by atoms with E-state index in [0.717, 1.165) is 22.2 Å². The van der Waals surface area contributed by atoms with Gasteiger partial charge in [0.2, 0.25) is 15.9 Å². The number of nitrogens with one attached hydrogen (secondary N) is 1. The zero-order chi connectivity index (χ0) is 27.5. The number of sulfonamides is 1. The number of pyridine rings is 1. The predicted octanol–water partition coefficient (Wildman–Crippen LogP) is 3.59. The van der Waals surface area contributed by atoms with E-state index in [4.69, 9.17) is 9.47 Å². The predicted molar refractivity (Wildman–Crippen MR) is 143 cm³/mol. The minimum Gasteiger partial charge on any atom is -0.489 e. The largest absolute Gasteiger partial charge is 0.489 e. The molecule has 38 heavy (non-hydrogen) atoms. The van der Waals surface area contributed by atoms with Crippen LogP contribution < -0.4 is 9.46 Å². The molecule has 1 aromatic heterocycles. The van der Waals surface area contributed by atoms with Crippen molar-refractivity contribution in [3.8, 4) is 5.75 Å². The average molecular weight is 540 g/mol. The number of nitrogens with zero attached hydrogens (tertiary/aromatic N) is 2. The molecule has 0 saturated carbocycles. The minimum atomic E-state index is -3.98. The van der Waals surface area contributed by atoms with Gasteiger partial charge in [-0.2, -0.15) is 0 Å². The first-order valence-corrected chi connectivity index (χ1v) is 14.0. The van der Waals surface area contributed by atoms with E-state index in [1.54, 1.807) is 17.0 Å². The Balaban J connectivity index is 1.45. The quantitative estimate of drug-likeness (QED) is 0.392. The third kappa shape index (κ3) is 6.31. The Morgan fingerprint density at radius 3 is 2.45 bits per heavy atom. The van der Waals surface area contributed by atoms with Crippen molar-refractivity contribution in [2.45, 2.75) is 50.7 Å². The van der Waals surface area contributed by atoms with E-state index in [1.165, 1.54) is 19.2 Å². The van der Waals surface area contributed by atoms with Crippen LogP contribution in [0.3, 0.4) is 0 Å². The van der Waals surface area contributed by atoms with Gasteiger partial charge in [0.25, 0.3) is 0 Å². The average Bonchev–Trinajstić information content (AvgIpc) is 2.84. The molecule has 2 heterocycles. The molecule has 1 amide bonds. The summed E-state index contributed by atoms with van der Waals surface area (Å²) in [6.45, 7) is 6.32. The third-order valence-electron chi connectivity index (χ3n) is 6.44. The topological polar surface area (TPSA) is 115 Å². The van der Waals surface area contributed by atoms with Crippen LogP contribution in [-0.4, -0.2) is 55.9 Å². The number of aryl methyl sites for hydroxylation is 1. The summed E-state index contributed by atoms with van der Waals surface area (Å²) in [6.07, 6.45) is 0.187. The maximum Gasteiger partial charge on any atom is 0.307 e. The van der Waals surface area contributed by atoms with Crippen molar-refractivity contribution in [1.29, 1.82) is 0 Å². The van der Waals surface area contributed by atoms with E-state index >= 15 is 0 Å². The lowest BCUT2D eigenvalue weighted by atomic mass is 9.86. The van der Waals surface area contributed by atoms with Gasteiger partial charge in [-0.25, -0.2) is 13.1 Å². The van der Waals surface area contributed by atoms with Gasteiger partial charge in [-0.3, -0.25) is 14.6 Å². The molecular weight excluding hydrogens is 506 g/mol. The molecule has 0 radical (unpaired) electrons. The van der Waals surface area contributed by atoms with Gasteiger partial charge in [0.15, 0.2) is 0 Å². The molecule has 2 aromatic carbocycles. The van der Waals surface area contributed by atoms with Crippen LogP contribution in [0.4, 0.5) is 0 Å². The zero-order valence-electron chi connectivity index (χ0n) is 22.1. The van der Waals surface area contributed by atoms with E-state index in [0.29, 0.717) is 18.8 Å². The number of hydrogen-bond donors (Lipinski definition) is 1. The summed E-state index contributed by atoms with van der Waals surface area (Å²) >= 11 is 0. The van der Waals surface area contributed by atoms with Crippen molar-refractivity contribution >= 4 is 32.8 Å². The van der Waals surface area contributed by atoms with E-state index in [2.05, 4.69) is 9.71 Å². The van der Waals surface area contributed by atoms with Crippen molar-refractivity contribution in [3.63, 3.8) is 0 Å². The summed E-state index contributed by atoms with van der Waals surface area (Å²) < 4.78 is 39.8. The van der Waals surface area contributed by atoms with Crippen LogP contribution >= 0.6 is 0 Å². The van der Waals surface area contributed by atoms with Gasteiger partial charge in [-0.1, -0.05) is 32.0 Å². The Morgan fingerprint density at radius 1 is 1.11 bits per heavy atom. The van der Waals surface area contributed by atoms with Crippen LogP contribution in [0, 0.1) is 12.8 Å². The Labute approximate surface area is 223 Å². The van der Waals surface area contributed by atoms with Gasteiger partial charge in [0.1, 0.15) is 12.4 Å². The van der Waals surface area contributed by atoms with E-state index in [9.17, 15) is 18.0 Å². The van der Waals surface area contributed by atoms with Gasteiger partial charge in [-0.15, -0.1) is 0 Å². The molecule has 1 aliphatic heterocycles. The van der Waals surface area contributed by atoms with Crippen molar-refractivity contribution in [2.24, 2.45) is 5.92 Å². The number of carbonyl (C=O) groups is 2. The Kier molecular flexibility index (Phi) is 8.03. The van der Waals surface area contributed by atoms with Crippen molar-refractivity contribution in [3.05, 3.63) is 65.9 Å². The highest BCUT2D eigenvalue weighted by molar-refractivity contribution is 7.89. The zero-order valence-corrected chi connectivity index (χ0v) is 22.9. The summed E-state index contributed by atoms with van der Waals surface area (Å²) in [4.78, 5) is 30.6. The maximum absolute atomic E-state index is 13.2. The second kappa shape index (κ2) is 11.1. The summed E-state index contributed by atoms with van der Waals surface area (Å²) in [5.74, 6) is 0.0716. The van der Waals surface area contributed by atoms with E-state index in [1.807, 2.05) is 51.1 Å². The normalized spacial score (nSPS) is 14.8. The molecule has 0 unspecified atom stereocenters. The number of amides is 1. The van der Waals surface area contributed by atoms with Crippen molar-refractivity contribution < 1.29 is 27.5 Å². The van der Waals surface area contributed by atoms with Crippen LogP contribution in [0.25, 0.3) is 10.9 Å². The summed E-state index contributed by atoms with van der Waals surface area (Å²) in [6, 6.07) is 15.9. The van der Waals surface area contributed by atoms with E-state index < -0.39 is 21.5 Å². The van der Waals surface area contributed by atoms with Crippen LogP contribution in [0.2, 0.25) is 0 Å². The number of likely N-dealkylation sites (tertiary alicyclic amines) is 1. The highest BCUT2D eigenvalue weighted by atomic mass is 32.2. The fourth-order valence-electron chi connectivity index (χ4n) is 4.63. The second-order valence-corrected chi connectivity index (χ2v) is 11.9. The number of benzene rings is 2. The van der Waals surface area contributed by atoms with Gasteiger partial charge in [0.05, 0.1) is 29.5 Å². The lowest BCUT2D eigenvalue weighted by Crippen LogP contribution is -2.71. The summed E-state index contributed by atoms with van der Waals surface area (Å²) in [7, 11) is -2.73. The highest BCUT2D eigenvalue weighted by Gasteiger charge is 2.49. The summed E-state index contributed by atoms with van der Waals surface area (Å²) in [5.41, 5.74) is 1.64. The fraction of sp³-hybridized carbons (Fsp3) is 0.393. The Morgan fingerprint density at radius 2 is 1.79 bits per heavy atom. The fourth-order valence-corrected chi connectivity index (χ4v) is 6.02. The highest BCUT2D eigenvalue weighted by Crippen LogP contribution is 2.29. The number of aromatic nitrogens is 1. The first kappa shape index (κ1) is 27.5. The Bertz CT molecular complexity index is 1430. The molecule has 4 rings (SSSR count). The van der Waals surface area contributed by atoms with Crippen LogP contribution in [-0.2, 0) is 31.0 Å². The lowest BCUT2D eigenvalue weighted by molar-refractivity contribution is -0.149. The molecule has 1 N–H and O–H groups in total. The number of fused-ring (bicyclic) bond motifs is 1. The Hall–Kier alpha value is -3.50. The molecular formula is C28H33N3O6S. The molecule has 1 fully saturated rings. The molecule has 1 saturated heterocycles. The maximum atomic E-state index is 13.2. The molecule has 0 aliphatic carbocycles. The van der Waals surface area contributed by atoms with Gasteiger partial charge in [-0.05, 0) is 49.2 Å². The van der Waals surface area contributed by atoms with Crippen molar-refractivity contribution in [1.82, 2.24) is 14.6 Å². The molecule has 10 heteroatoms. The monoisotopic (exact) mass is 539 g/mol. The number of carbonyl (C=O) groups excluding carboxylic acids is 2. The lowest BCUT2D eigenvalue weighted by Gasteiger charge is -2.49. The van der Waals surface area contributed by atoms with E-state index in [-0.39, 0.29) is 36.2 Å². The number of methoxy groups -OCH3 is 1. The first-order valence-electron chi connectivity index (χ1n) is 12.5. The third-order valence-corrected chi connectivity index (χ3v) is 8.04. The number of rotatable bonds is 10. The number of esters is 1. The summed E-state index contributed by atoms with van der Waals surface area (Å²) in [5, 5.41) is 0.999. The van der Waals surface area contributed by atoms with Crippen LogP contribution in [0.1, 0.15) is 37.9 Å². The number of para-hydroxylation sites is 1. The van der Waals surface area contributed by atoms with Gasteiger partial charge >= 0.3 is 5.97 Å². The molecule has 1 aliphatic rings. The number of hydrogen-bond acceptors (Lipinski definition) is 7. The first-order chi connectivity index (χ1) is 18.0.